The molecule has 7 nitrogen and oxygen atoms in total. The lowest BCUT2D eigenvalue weighted by Gasteiger charge is -2.17. The first-order valence-corrected chi connectivity index (χ1v) is 9.05. The number of likely N-dealkylation sites (tertiary alicyclic amines) is 1. The highest BCUT2D eigenvalue weighted by atomic mass is 19.1. The number of fused-ring (bicyclic) bond motifs is 1. The summed E-state index contributed by atoms with van der Waals surface area (Å²) in [6, 6.07) is 7.97. The van der Waals surface area contributed by atoms with Gasteiger partial charge in [-0.3, -0.25) is 9.59 Å². The highest BCUT2D eigenvalue weighted by Gasteiger charge is 2.31. The standard InChI is InChI=1S/C20H18FN3O4/c1-2-14-18(21)19(23-11-22-14)27-12-7-8-24(10-12)20(26)17-9-15(25)13-5-3-4-6-16(13)28-17/h3-6,9,11-12H,2,7-8,10H2,1H3/t12-/m1/s1. The molecular formula is C20H18FN3O4. The van der Waals surface area contributed by atoms with E-state index in [-0.39, 0.29) is 29.3 Å². The van der Waals surface area contributed by atoms with Crippen LogP contribution >= 0.6 is 0 Å². The van der Waals surface area contributed by atoms with Gasteiger partial charge in [-0.1, -0.05) is 19.1 Å². The Balaban J connectivity index is 1.50. The molecule has 0 bridgehead atoms. The van der Waals surface area contributed by atoms with E-state index in [0.717, 1.165) is 0 Å². The number of benzene rings is 1. The lowest BCUT2D eigenvalue weighted by molar-refractivity contribution is 0.0739. The van der Waals surface area contributed by atoms with E-state index in [0.29, 0.717) is 30.4 Å². The number of aryl methyl sites for hydroxylation is 1. The summed E-state index contributed by atoms with van der Waals surface area (Å²) >= 11 is 0. The van der Waals surface area contributed by atoms with Crippen molar-refractivity contribution < 1.29 is 18.3 Å². The van der Waals surface area contributed by atoms with Crippen LogP contribution in [0.2, 0.25) is 0 Å². The number of halogens is 1. The summed E-state index contributed by atoms with van der Waals surface area (Å²) in [4.78, 5) is 34.2. The van der Waals surface area contributed by atoms with E-state index < -0.39 is 17.8 Å². The van der Waals surface area contributed by atoms with Crippen molar-refractivity contribution in [3.63, 3.8) is 0 Å². The zero-order valence-electron chi connectivity index (χ0n) is 15.2. The monoisotopic (exact) mass is 383 g/mol. The summed E-state index contributed by atoms with van der Waals surface area (Å²) in [5.41, 5.74) is 0.377. The molecule has 0 N–H and O–H groups in total. The normalized spacial score (nSPS) is 16.5. The maximum atomic E-state index is 14.3. The van der Waals surface area contributed by atoms with Gasteiger partial charge in [0, 0.05) is 19.0 Å². The van der Waals surface area contributed by atoms with Crippen LogP contribution < -0.4 is 10.2 Å². The smallest absolute Gasteiger partial charge is 0.289 e. The second-order valence-electron chi connectivity index (χ2n) is 6.54. The molecule has 1 amide bonds. The molecule has 144 valence electrons. The average molecular weight is 383 g/mol. The van der Waals surface area contributed by atoms with E-state index in [1.165, 1.54) is 17.3 Å². The number of amides is 1. The Morgan fingerprint density at radius 1 is 1.36 bits per heavy atom. The predicted molar refractivity (Wildman–Crippen MR) is 98.8 cm³/mol. The van der Waals surface area contributed by atoms with Gasteiger partial charge < -0.3 is 14.1 Å². The van der Waals surface area contributed by atoms with Crippen molar-refractivity contribution >= 4 is 16.9 Å². The minimum absolute atomic E-state index is 0.0224. The van der Waals surface area contributed by atoms with Gasteiger partial charge in [-0.2, -0.15) is 9.37 Å². The van der Waals surface area contributed by atoms with E-state index in [1.807, 2.05) is 0 Å². The highest BCUT2D eigenvalue weighted by molar-refractivity contribution is 5.93. The molecule has 1 aromatic carbocycles. The van der Waals surface area contributed by atoms with Crippen molar-refractivity contribution in [2.75, 3.05) is 13.1 Å². The zero-order valence-corrected chi connectivity index (χ0v) is 15.2. The Hall–Kier alpha value is -3.29. The first-order valence-electron chi connectivity index (χ1n) is 9.05. The first kappa shape index (κ1) is 18.1. The fourth-order valence-electron chi connectivity index (χ4n) is 3.25. The van der Waals surface area contributed by atoms with Crippen molar-refractivity contribution in [1.82, 2.24) is 14.9 Å². The molecule has 0 radical (unpaired) electrons. The molecule has 28 heavy (non-hydrogen) atoms. The predicted octanol–water partition coefficient (Wildman–Crippen LogP) is 2.58. The molecule has 3 aromatic rings. The quantitative estimate of drug-likeness (QED) is 0.688. The number of hydrogen-bond donors (Lipinski definition) is 0. The molecule has 2 aromatic heterocycles. The molecule has 1 aliphatic heterocycles. The SMILES string of the molecule is CCc1ncnc(O[C@@H]2CCN(C(=O)c3cc(=O)c4ccccc4o3)C2)c1F. The number of rotatable bonds is 4. The molecule has 1 atom stereocenters. The Morgan fingerprint density at radius 2 is 2.18 bits per heavy atom. The van der Waals surface area contributed by atoms with Crippen LogP contribution in [-0.2, 0) is 6.42 Å². The van der Waals surface area contributed by atoms with Crippen LogP contribution in [0.15, 0.2) is 45.9 Å². The lowest BCUT2D eigenvalue weighted by atomic mass is 10.2. The summed E-state index contributed by atoms with van der Waals surface area (Å²) in [5, 5.41) is 0.424. The van der Waals surface area contributed by atoms with Gasteiger partial charge in [-0.25, -0.2) is 4.98 Å². The molecule has 1 saturated heterocycles. The van der Waals surface area contributed by atoms with E-state index in [2.05, 4.69) is 9.97 Å². The second-order valence-corrected chi connectivity index (χ2v) is 6.54. The zero-order chi connectivity index (χ0) is 19.7. The maximum absolute atomic E-state index is 14.3. The van der Waals surface area contributed by atoms with Crippen molar-refractivity contribution in [1.29, 1.82) is 0 Å². The Labute approximate surface area is 159 Å². The third kappa shape index (κ3) is 3.33. The summed E-state index contributed by atoms with van der Waals surface area (Å²) in [5.74, 6) is -1.10. The molecule has 0 aliphatic carbocycles. The van der Waals surface area contributed by atoms with Crippen LogP contribution in [0, 0.1) is 5.82 Å². The Morgan fingerprint density at radius 3 is 3.00 bits per heavy atom. The molecule has 4 rings (SSSR count). The van der Waals surface area contributed by atoms with Crippen molar-refractivity contribution in [3.05, 3.63) is 64.2 Å². The first-order chi connectivity index (χ1) is 13.6. The van der Waals surface area contributed by atoms with Crippen LogP contribution in [0.5, 0.6) is 5.88 Å². The van der Waals surface area contributed by atoms with Gasteiger partial charge in [0.15, 0.2) is 11.2 Å². The highest BCUT2D eigenvalue weighted by Crippen LogP contribution is 2.22. The Kier molecular flexibility index (Phi) is 4.77. The molecule has 3 heterocycles. The van der Waals surface area contributed by atoms with Gasteiger partial charge in [0.2, 0.25) is 5.82 Å². The van der Waals surface area contributed by atoms with Crippen LogP contribution in [0.1, 0.15) is 29.6 Å². The summed E-state index contributed by atoms with van der Waals surface area (Å²) in [6.45, 7) is 2.45. The number of carbonyl (C=O) groups excluding carboxylic acids is 1. The van der Waals surface area contributed by atoms with Crippen molar-refractivity contribution in [3.8, 4) is 5.88 Å². The van der Waals surface area contributed by atoms with Crippen LogP contribution in [-0.4, -0.2) is 40.0 Å². The number of ether oxygens (including phenoxy) is 1. The van der Waals surface area contributed by atoms with E-state index >= 15 is 0 Å². The molecule has 0 spiro atoms. The summed E-state index contributed by atoms with van der Waals surface area (Å²) < 4.78 is 25.5. The fourth-order valence-corrected chi connectivity index (χ4v) is 3.25. The average Bonchev–Trinajstić information content (AvgIpc) is 3.17. The second kappa shape index (κ2) is 7.38. The summed E-state index contributed by atoms with van der Waals surface area (Å²) in [7, 11) is 0. The van der Waals surface area contributed by atoms with Gasteiger partial charge in [0.1, 0.15) is 18.0 Å². The van der Waals surface area contributed by atoms with Crippen LogP contribution in [0.25, 0.3) is 11.0 Å². The molecule has 0 unspecified atom stereocenters. The molecule has 8 heteroatoms. The van der Waals surface area contributed by atoms with Crippen LogP contribution in [0.3, 0.4) is 0 Å². The maximum Gasteiger partial charge on any atom is 0.289 e. The number of nitrogens with zero attached hydrogens (tertiary/aromatic N) is 3. The van der Waals surface area contributed by atoms with Crippen molar-refractivity contribution in [2.24, 2.45) is 0 Å². The number of carbonyl (C=O) groups is 1. The third-order valence-electron chi connectivity index (χ3n) is 4.72. The minimum Gasteiger partial charge on any atom is -0.470 e. The van der Waals surface area contributed by atoms with E-state index in [9.17, 15) is 14.0 Å². The third-order valence-corrected chi connectivity index (χ3v) is 4.72. The topological polar surface area (TPSA) is 85.5 Å². The van der Waals surface area contributed by atoms with Gasteiger partial charge in [0.25, 0.3) is 11.8 Å². The number of aromatic nitrogens is 2. The molecule has 1 aliphatic rings. The van der Waals surface area contributed by atoms with Gasteiger partial charge in [-0.05, 0) is 18.6 Å². The number of hydrogen-bond acceptors (Lipinski definition) is 6. The largest absolute Gasteiger partial charge is 0.470 e. The van der Waals surface area contributed by atoms with Gasteiger partial charge in [-0.15, -0.1) is 0 Å². The lowest BCUT2D eigenvalue weighted by Crippen LogP contribution is -2.31. The molecular weight excluding hydrogens is 365 g/mol. The van der Waals surface area contributed by atoms with Crippen molar-refractivity contribution in [2.45, 2.75) is 25.9 Å². The minimum atomic E-state index is -0.574. The summed E-state index contributed by atoms with van der Waals surface area (Å²) in [6.07, 6.45) is 1.82. The van der Waals surface area contributed by atoms with Gasteiger partial charge >= 0.3 is 0 Å². The van der Waals surface area contributed by atoms with E-state index in [4.69, 9.17) is 9.15 Å². The molecule has 1 fully saturated rings. The van der Waals surface area contributed by atoms with E-state index in [1.54, 1.807) is 31.2 Å². The molecule has 0 saturated carbocycles. The fraction of sp³-hybridized carbons (Fsp3) is 0.300. The Bertz CT molecular complexity index is 1100. The van der Waals surface area contributed by atoms with Gasteiger partial charge in [0.05, 0.1) is 17.6 Å². The van der Waals surface area contributed by atoms with Crippen LogP contribution in [0.4, 0.5) is 4.39 Å². The number of para-hydroxylation sites is 1.